The fourth-order valence-corrected chi connectivity index (χ4v) is 4.54. The molecule has 2 N–H and O–H groups in total. The number of fused-ring (bicyclic) bond motifs is 1. The summed E-state index contributed by atoms with van der Waals surface area (Å²) in [4.78, 5) is 14.3. The predicted molar refractivity (Wildman–Crippen MR) is 119 cm³/mol. The molecular formula is C22H24Cl2N4O2. The molecule has 1 fully saturated rings. The number of primary amides is 1. The van der Waals surface area contributed by atoms with Crippen LogP contribution in [-0.4, -0.2) is 40.8 Å². The Kier molecular flexibility index (Phi) is 6.18. The van der Waals surface area contributed by atoms with Gasteiger partial charge in [-0.1, -0.05) is 29.3 Å². The first-order valence-corrected chi connectivity index (χ1v) is 10.7. The maximum absolute atomic E-state index is 11.9. The summed E-state index contributed by atoms with van der Waals surface area (Å²) in [5.41, 5.74) is 7.84. The molecule has 1 aliphatic heterocycles. The first-order valence-electron chi connectivity index (χ1n) is 9.95. The van der Waals surface area contributed by atoms with E-state index in [1.54, 1.807) is 13.2 Å². The van der Waals surface area contributed by atoms with Crippen molar-refractivity contribution < 1.29 is 9.53 Å². The zero-order valence-electron chi connectivity index (χ0n) is 16.8. The number of amides is 1. The Balaban J connectivity index is 1.44. The summed E-state index contributed by atoms with van der Waals surface area (Å²) < 4.78 is 7.19. The van der Waals surface area contributed by atoms with Crippen molar-refractivity contribution in [2.24, 2.45) is 11.7 Å². The third-order valence-corrected chi connectivity index (χ3v) is 6.33. The summed E-state index contributed by atoms with van der Waals surface area (Å²) in [5, 5.41) is 6.61. The molecule has 0 atom stereocenters. The standard InChI is InChI=1S/C22H24Cl2N4O2/c1-30-17-4-5-20-18(11-17)21(22(25)29)26-28(20)12-14-6-8-27(9-7-14)13-15-2-3-16(23)10-19(15)24/h2-5,10-11,14H,6-9,12-13H2,1H3,(H2,25,29). The van der Waals surface area contributed by atoms with Crippen molar-refractivity contribution >= 4 is 40.0 Å². The maximum atomic E-state index is 11.9. The number of benzene rings is 2. The van der Waals surface area contributed by atoms with E-state index >= 15 is 0 Å². The van der Waals surface area contributed by atoms with E-state index in [1.807, 2.05) is 35.0 Å². The lowest BCUT2D eigenvalue weighted by Crippen LogP contribution is -2.34. The second-order valence-electron chi connectivity index (χ2n) is 7.73. The van der Waals surface area contributed by atoms with Gasteiger partial charge >= 0.3 is 0 Å². The number of hydrogen-bond acceptors (Lipinski definition) is 4. The molecule has 158 valence electrons. The summed E-state index contributed by atoms with van der Waals surface area (Å²) in [7, 11) is 1.60. The first-order chi connectivity index (χ1) is 14.4. The molecule has 30 heavy (non-hydrogen) atoms. The van der Waals surface area contributed by atoms with Crippen LogP contribution in [0.4, 0.5) is 0 Å². The lowest BCUT2D eigenvalue weighted by Gasteiger charge is -2.32. The number of nitrogens with two attached hydrogens (primary N) is 1. The summed E-state index contributed by atoms with van der Waals surface area (Å²) in [6.45, 7) is 3.54. The fraction of sp³-hybridized carbons (Fsp3) is 0.364. The summed E-state index contributed by atoms with van der Waals surface area (Å²) >= 11 is 12.3. The van der Waals surface area contributed by atoms with Crippen molar-refractivity contribution in [2.75, 3.05) is 20.2 Å². The van der Waals surface area contributed by atoms with E-state index in [2.05, 4.69) is 10.00 Å². The first kappa shape index (κ1) is 21.0. The molecule has 3 aromatic rings. The highest BCUT2D eigenvalue weighted by atomic mass is 35.5. The van der Waals surface area contributed by atoms with E-state index in [-0.39, 0.29) is 0 Å². The lowest BCUT2D eigenvalue weighted by atomic mass is 9.96. The van der Waals surface area contributed by atoms with Crippen molar-refractivity contribution in [3.8, 4) is 5.75 Å². The van der Waals surface area contributed by atoms with Gasteiger partial charge in [0.25, 0.3) is 5.91 Å². The molecular weight excluding hydrogens is 423 g/mol. The van der Waals surface area contributed by atoms with Crippen molar-refractivity contribution in [1.82, 2.24) is 14.7 Å². The van der Waals surface area contributed by atoms with E-state index in [0.717, 1.165) is 55.5 Å². The number of carbonyl (C=O) groups is 1. The molecule has 1 aromatic heterocycles. The van der Waals surface area contributed by atoms with Gasteiger partial charge in [0.1, 0.15) is 5.75 Å². The van der Waals surface area contributed by atoms with Crippen LogP contribution in [0, 0.1) is 5.92 Å². The third kappa shape index (κ3) is 4.41. The minimum absolute atomic E-state index is 0.290. The van der Waals surface area contributed by atoms with Crippen LogP contribution in [-0.2, 0) is 13.1 Å². The average Bonchev–Trinajstić information content (AvgIpc) is 3.09. The Morgan fingerprint density at radius 2 is 1.97 bits per heavy atom. The topological polar surface area (TPSA) is 73.4 Å². The van der Waals surface area contributed by atoms with Gasteiger partial charge in [0.2, 0.25) is 0 Å². The highest BCUT2D eigenvalue weighted by molar-refractivity contribution is 6.35. The molecule has 1 amide bonds. The lowest BCUT2D eigenvalue weighted by molar-refractivity contribution is 0.0995. The number of hydrogen-bond donors (Lipinski definition) is 1. The van der Waals surface area contributed by atoms with E-state index in [4.69, 9.17) is 33.7 Å². The van der Waals surface area contributed by atoms with Gasteiger partial charge in [0, 0.05) is 28.5 Å². The van der Waals surface area contributed by atoms with Crippen LogP contribution in [0.3, 0.4) is 0 Å². The second-order valence-corrected chi connectivity index (χ2v) is 8.58. The van der Waals surface area contributed by atoms with Gasteiger partial charge in [0.05, 0.1) is 12.6 Å². The second kappa shape index (κ2) is 8.84. The van der Waals surface area contributed by atoms with Crippen molar-refractivity contribution in [2.45, 2.75) is 25.9 Å². The molecule has 0 unspecified atom stereocenters. The van der Waals surface area contributed by atoms with E-state index < -0.39 is 5.91 Å². The molecule has 1 saturated heterocycles. The molecule has 0 bridgehead atoms. The van der Waals surface area contributed by atoms with Crippen molar-refractivity contribution in [1.29, 1.82) is 0 Å². The van der Waals surface area contributed by atoms with Crippen molar-refractivity contribution in [3.63, 3.8) is 0 Å². The molecule has 8 heteroatoms. The number of rotatable bonds is 6. The zero-order chi connectivity index (χ0) is 21.3. The Bertz CT molecular complexity index is 1070. The Morgan fingerprint density at radius 3 is 2.63 bits per heavy atom. The number of piperidine rings is 1. The van der Waals surface area contributed by atoms with E-state index in [1.165, 1.54) is 0 Å². The highest BCUT2D eigenvalue weighted by Crippen LogP contribution is 2.28. The zero-order valence-corrected chi connectivity index (χ0v) is 18.3. The molecule has 0 radical (unpaired) electrons. The van der Waals surface area contributed by atoms with Crippen LogP contribution >= 0.6 is 23.2 Å². The molecule has 6 nitrogen and oxygen atoms in total. The number of nitrogens with zero attached hydrogens (tertiary/aromatic N) is 3. The van der Waals surface area contributed by atoms with Crippen LogP contribution in [0.2, 0.25) is 10.0 Å². The molecule has 4 rings (SSSR count). The smallest absolute Gasteiger partial charge is 0.269 e. The van der Waals surface area contributed by atoms with E-state index in [9.17, 15) is 4.79 Å². The van der Waals surface area contributed by atoms with Gasteiger partial charge in [-0.25, -0.2) is 0 Å². The highest BCUT2D eigenvalue weighted by Gasteiger charge is 2.23. The van der Waals surface area contributed by atoms with Gasteiger partial charge < -0.3 is 10.5 Å². The van der Waals surface area contributed by atoms with Crippen LogP contribution in [0.25, 0.3) is 10.9 Å². The Hall–Kier alpha value is -2.28. The number of carbonyl (C=O) groups excluding carboxylic acids is 1. The number of ether oxygens (including phenoxy) is 1. The largest absolute Gasteiger partial charge is 0.497 e. The van der Waals surface area contributed by atoms with Crippen LogP contribution in [0.15, 0.2) is 36.4 Å². The van der Waals surface area contributed by atoms with Crippen LogP contribution in [0.1, 0.15) is 28.9 Å². The van der Waals surface area contributed by atoms with Crippen LogP contribution < -0.4 is 10.5 Å². The van der Waals surface area contributed by atoms with Gasteiger partial charge in [-0.15, -0.1) is 0 Å². The Labute approximate surface area is 185 Å². The minimum Gasteiger partial charge on any atom is -0.497 e. The Morgan fingerprint density at radius 1 is 1.20 bits per heavy atom. The number of halogens is 2. The van der Waals surface area contributed by atoms with Crippen molar-refractivity contribution in [3.05, 3.63) is 57.7 Å². The SMILES string of the molecule is COc1ccc2c(c1)c(C(N)=O)nn2CC1CCN(Cc2ccc(Cl)cc2Cl)CC1. The van der Waals surface area contributed by atoms with Gasteiger partial charge in [-0.2, -0.15) is 5.10 Å². The monoisotopic (exact) mass is 446 g/mol. The van der Waals surface area contributed by atoms with Gasteiger partial charge in [-0.3, -0.25) is 14.4 Å². The summed E-state index contributed by atoms with van der Waals surface area (Å²) in [6, 6.07) is 11.3. The fourth-order valence-electron chi connectivity index (χ4n) is 4.07. The minimum atomic E-state index is -0.526. The molecule has 0 spiro atoms. The van der Waals surface area contributed by atoms with Gasteiger partial charge in [-0.05, 0) is 67.7 Å². The molecule has 2 aromatic carbocycles. The average molecular weight is 447 g/mol. The summed E-state index contributed by atoms with van der Waals surface area (Å²) in [6.07, 6.45) is 2.10. The number of aromatic nitrogens is 2. The van der Waals surface area contributed by atoms with Gasteiger partial charge in [0.15, 0.2) is 5.69 Å². The normalized spacial score (nSPS) is 15.6. The van der Waals surface area contributed by atoms with E-state index in [0.29, 0.717) is 27.4 Å². The predicted octanol–water partition coefficient (Wildman–Crippen LogP) is 4.36. The quantitative estimate of drug-likeness (QED) is 0.610. The molecule has 2 heterocycles. The molecule has 0 aliphatic carbocycles. The number of likely N-dealkylation sites (tertiary alicyclic amines) is 1. The number of methoxy groups -OCH3 is 1. The van der Waals surface area contributed by atoms with Crippen LogP contribution in [0.5, 0.6) is 5.75 Å². The third-order valence-electron chi connectivity index (χ3n) is 5.74. The molecule has 0 saturated carbocycles. The summed E-state index contributed by atoms with van der Waals surface area (Å²) in [5.74, 6) is 0.633. The maximum Gasteiger partial charge on any atom is 0.269 e. The molecule has 1 aliphatic rings.